The van der Waals surface area contributed by atoms with Crippen LogP contribution in [0.2, 0.25) is 0 Å². The summed E-state index contributed by atoms with van der Waals surface area (Å²) in [7, 11) is 1.69. The monoisotopic (exact) mass is 372 g/mol. The van der Waals surface area contributed by atoms with Gasteiger partial charge in [0.15, 0.2) is 0 Å². The van der Waals surface area contributed by atoms with E-state index in [1.807, 2.05) is 31.2 Å². The van der Waals surface area contributed by atoms with E-state index in [-0.39, 0.29) is 5.91 Å². The van der Waals surface area contributed by atoms with E-state index in [0.717, 1.165) is 58.2 Å². The molecule has 0 radical (unpaired) electrons. The predicted molar refractivity (Wildman–Crippen MR) is 113 cm³/mol. The Morgan fingerprint density at radius 3 is 2.79 bits per heavy atom. The van der Waals surface area contributed by atoms with Crippen molar-refractivity contribution in [3.8, 4) is 5.75 Å². The van der Waals surface area contributed by atoms with E-state index < -0.39 is 0 Å². The third kappa shape index (κ3) is 3.63. The molecule has 142 valence electrons. The van der Waals surface area contributed by atoms with Crippen LogP contribution in [0.15, 0.2) is 59.7 Å². The maximum absolute atomic E-state index is 12.5. The minimum atomic E-state index is -0.0961. The van der Waals surface area contributed by atoms with Crippen molar-refractivity contribution in [1.82, 2.24) is 5.43 Å². The van der Waals surface area contributed by atoms with Crippen molar-refractivity contribution in [2.45, 2.75) is 32.6 Å². The largest absolute Gasteiger partial charge is 0.496 e. The molecule has 0 bridgehead atoms. The molecular formula is C24H24N2O2. The third-order valence-corrected chi connectivity index (χ3v) is 5.34. The Morgan fingerprint density at radius 2 is 1.93 bits per heavy atom. The molecule has 0 saturated heterocycles. The predicted octanol–water partition coefficient (Wildman–Crippen LogP) is 4.56. The molecule has 0 spiro atoms. The topological polar surface area (TPSA) is 50.7 Å². The normalized spacial score (nSPS) is 14.7. The molecular weight excluding hydrogens is 348 g/mol. The molecule has 3 aromatic carbocycles. The molecule has 4 rings (SSSR count). The van der Waals surface area contributed by atoms with Crippen LogP contribution >= 0.6 is 0 Å². The standard InChI is InChI=1S/C24H24N2O2/c1-16-13-21-18(14-23(16)28-2)10-6-12-22(21)25-26-24(27)15-19-9-5-8-17-7-3-4-11-20(17)19/h3-5,7-9,11,13-14H,6,10,12,15H2,1-2H3,(H,26,27)/b25-22+. The zero-order valence-corrected chi connectivity index (χ0v) is 16.3. The molecule has 1 amide bonds. The minimum Gasteiger partial charge on any atom is -0.496 e. The Hall–Kier alpha value is -3.14. The lowest BCUT2D eigenvalue weighted by molar-refractivity contribution is -0.120. The van der Waals surface area contributed by atoms with Crippen LogP contribution in [0.4, 0.5) is 0 Å². The second kappa shape index (κ2) is 7.85. The van der Waals surface area contributed by atoms with Crippen LogP contribution in [-0.4, -0.2) is 18.7 Å². The van der Waals surface area contributed by atoms with Crippen molar-refractivity contribution in [3.05, 3.63) is 76.9 Å². The first-order chi connectivity index (χ1) is 13.7. The number of nitrogens with zero attached hydrogens (tertiary/aromatic N) is 1. The van der Waals surface area contributed by atoms with Crippen LogP contribution in [0.25, 0.3) is 10.8 Å². The summed E-state index contributed by atoms with van der Waals surface area (Å²) in [6.07, 6.45) is 3.21. The molecule has 0 heterocycles. The first kappa shape index (κ1) is 18.2. The van der Waals surface area contributed by atoms with Gasteiger partial charge >= 0.3 is 0 Å². The fraction of sp³-hybridized carbons (Fsp3) is 0.250. The number of hydrogen-bond donors (Lipinski definition) is 1. The first-order valence-electron chi connectivity index (χ1n) is 9.65. The molecule has 0 aliphatic heterocycles. The van der Waals surface area contributed by atoms with Gasteiger partial charge in [0.1, 0.15) is 5.75 Å². The molecule has 4 nitrogen and oxygen atoms in total. The van der Waals surface area contributed by atoms with E-state index >= 15 is 0 Å². The number of carbonyl (C=O) groups is 1. The zero-order valence-electron chi connectivity index (χ0n) is 16.3. The SMILES string of the molecule is COc1cc2c(cc1C)/C(=N/NC(=O)Cc1cccc3ccccc13)CCC2. The van der Waals surface area contributed by atoms with Crippen molar-refractivity contribution in [2.24, 2.45) is 5.10 Å². The number of fused-ring (bicyclic) bond motifs is 2. The Kier molecular flexibility index (Phi) is 5.11. The summed E-state index contributed by atoms with van der Waals surface area (Å²) in [5.74, 6) is 0.807. The number of amides is 1. The van der Waals surface area contributed by atoms with Crippen molar-refractivity contribution < 1.29 is 9.53 Å². The molecule has 0 saturated carbocycles. The van der Waals surface area contributed by atoms with Gasteiger partial charge in [0.25, 0.3) is 0 Å². The summed E-state index contributed by atoms with van der Waals surface area (Å²) in [5.41, 5.74) is 8.16. The van der Waals surface area contributed by atoms with E-state index in [2.05, 4.69) is 40.9 Å². The number of hydrazone groups is 1. The van der Waals surface area contributed by atoms with Gasteiger partial charge in [-0.05, 0) is 65.8 Å². The van der Waals surface area contributed by atoms with Crippen molar-refractivity contribution in [3.63, 3.8) is 0 Å². The molecule has 0 aromatic heterocycles. The molecule has 0 fully saturated rings. The lowest BCUT2D eigenvalue weighted by Crippen LogP contribution is -2.23. The van der Waals surface area contributed by atoms with E-state index in [4.69, 9.17) is 4.74 Å². The fourth-order valence-electron chi connectivity index (χ4n) is 3.91. The van der Waals surface area contributed by atoms with Gasteiger partial charge in [-0.15, -0.1) is 0 Å². The highest BCUT2D eigenvalue weighted by Crippen LogP contribution is 2.29. The van der Waals surface area contributed by atoms with E-state index in [1.165, 1.54) is 5.56 Å². The smallest absolute Gasteiger partial charge is 0.244 e. The van der Waals surface area contributed by atoms with Gasteiger partial charge in [0.05, 0.1) is 19.2 Å². The first-order valence-corrected chi connectivity index (χ1v) is 9.65. The number of nitrogens with one attached hydrogen (secondary N) is 1. The second-order valence-electron chi connectivity index (χ2n) is 7.24. The zero-order chi connectivity index (χ0) is 19.5. The number of aryl methyl sites for hydroxylation is 2. The van der Waals surface area contributed by atoms with Gasteiger partial charge in [-0.25, -0.2) is 5.43 Å². The second-order valence-corrected chi connectivity index (χ2v) is 7.24. The summed E-state index contributed by atoms with van der Waals surface area (Å²) < 4.78 is 5.44. The Balaban J connectivity index is 1.53. The number of benzene rings is 3. The van der Waals surface area contributed by atoms with Crippen molar-refractivity contribution >= 4 is 22.4 Å². The summed E-state index contributed by atoms with van der Waals surface area (Å²) in [5, 5.41) is 6.73. The highest BCUT2D eigenvalue weighted by Gasteiger charge is 2.18. The molecule has 0 unspecified atom stereocenters. The van der Waals surface area contributed by atoms with E-state index in [1.54, 1.807) is 7.11 Å². The summed E-state index contributed by atoms with van der Waals surface area (Å²) in [6, 6.07) is 18.4. The number of rotatable bonds is 4. The van der Waals surface area contributed by atoms with Crippen LogP contribution < -0.4 is 10.2 Å². The number of carbonyl (C=O) groups excluding carboxylic acids is 1. The molecule has 4 heteroatoms. The average molecular weight is 372 g/mol. The fourth-order valence-corrected chi connectivity index (χ4v) is 3.91. The van der Waals surface area contributed by atoms with Crippen molar-refractivity contribution in [2.75, 3.05) is 7.11 Å². The Morgan fingerprint density at radius 1 is 1.11 bits per heavy atom. The summed E-state index contributed by atoms with van der Waals surface area (Å²) in [4.78, 5) is 12.5. The van der Waals surface area contributed by atoms with Gasteiger partial charge in [0.2, 0.25) is 5.91 Å². The van der Waals surface area contributed by atoms with Crippen molar-refractivity contribution in [1.29, 1.82) is 0 Å². The third-order valence-electron chi connectivity index (χ3n) is 5.34. The van der Waals surface area contributed by atoms with Gasteiger partial charge < -0.3 is 4.74 Å². The van der Waals surface area contributed by atoms with Crippen LogP contribution in [0.5, 0.6) is 5.75 Å². The van der Waals surface area contributed by atoms with E-state index in [9.17, 15) is 4.79 Å². The highest BCUT2D eigenvalue weighted by molar-refractivity contribution is 6.03. The summed E-state index contributed by atoms with van der Waals surface area (Å²) in [6.45, 7) is 2.03. The molecule has 3 aromatic rings. The van der Waals surface area contributed by atoms with E-state index in [0.29, 0.717) is 6.42 Å². The highest BCUT2D eigenvalue weighted by atomic mass is 16.5. The Labute approximate surface area is 165 Å². The van der Waals surface area contributed by atoms with Crippen LogP contribution in [0, 0.1) is 6.92 Å². The van der Waals surface area contributed by atoms with Crippen LogP contribution in [0.1, 0.15) is 35.1 Å². The van der Waals surface area contributed by atoms with Gasteiger partial charge in [-0.3, -0.25) is 4.79 Å². The molecule has 28 heavy (non-hydrogen) atoms. The maximum atomic E-state index is 12.5. The number of ether oxygens (including phenoxy) is 1. The average Bonchev–Trinajstić information content (AvgIpc) is 2.72. The number of hydrogen-bond acceptors (Lipinski definition) is 3. The Bertz CT molecular complexity index is 1060. The maximum Gasteiger partial charge on any atom is 0.244 e. The molecule has 1 aliphatic carbocycles. The summed E-state index contributed by atoms with van der Waals surface area (Å²) >= 11 is 0. The molecule has 1 N–H and O–H groups in total. The minimum absolute atomic E-state index is 0.0961. The lowest BCUT2D eigenvalue weighted by atomic mass is 9.88. The van der Waals surface area contributed by atoms with Gasteiger partial charge in [-0.2, -0.15) is 5.10 Å². The quantitative estimate of drug-likeness (QED) is 0.683. The van der Waals surface area contributed by atoms with Gasteiger partial charge in [-0.1, -0.05) is 42.5 Å². The van der Waals surface area contributed by atoms with Crippen LogP contribution in [0.3, 0.4) is 0 Å². The lowest BCUT2D eigenvalue weighted by Gasteiger charge is -2.20. The molecule has 1 aliphatic rings. The number of methoxy groups -OCH3 is 1. The van der Waals surface area contributed by atoms with Crippen LogP contribution in [-0.2, 0) is 17.6 Å². The van der Waals surface area contributed by atoms with Gasteiger partial charge in [0, 0.05) is 5.56 Å². The molecule has 0 atom stereocenters.